The molecule has 2 aromatic carbocycles. The monoisotopic (exact) mass is 505 g/mol. The first-order valence-electron chi connectivity index (χ1n) is 11.3. The van der Waals surface area contributed by atoms with Crippen LogP contribution in [-0.2, 0) is 6.18 Å². The van der Waals surface area contributed by atoms with Crippen molar-refractivity contribution in [3.05, 3.63) is 64.9 Å². The SMILES string of the molecule is O=C(c1ccc(Cl)cc1)N1CCN(C2CN(c3nc(C(F)(F)F)nc4ccccc34)CC2O)CC1. The second-order valence-corrected chi connectivity index (χ2v) is 9.20. The Bertz CT molecular complexity index is 1230. The minimum absolute atomic E-state index is 0.0814. The molecule has 2 atom stereocenters. The molecule has 0 spiro atoms. The maximum Gasteiger partial charge on any atom is 0.451 e. The van der Waals surface area contributed by atoms with Crippen molar-refractivity contribution in [3.8, 4) is 0 Å². The number of piperazine rings is 1. The van der Waals surface area contributed by atoms with Crippen molar-refractivity contribution >= 4 is 34.2 Å². The van der Waals surface area contributed by atoms with Crippen LogP contribution in [-0.4, -0.2) is 82.2 Å². The van der Waals surface area contributed by atoms with Crippen LogP contribution in [0.2, 0.25) is 5.02 Å². The molecule has 0 radical (unpaired) electrons. The molecule has 0 saturated carbocycles. The van der Waals surface area contributed by atoms with Gasteiger partial charge in [0.15, 0.2) is 0 Å². The topological polar surface area (TPSA) is 72.8 Å². The van der Waals surface area contributed by atoms with Crippen LogP contribution in [0.1, 0.15) is 16.2 Å². The highest BCUT2D eigenvalue weighted by molar-refractivity contribution is 6.30. The first-order valence-corrected chi connectivity index (χ1v) is 11.6. The molecule has 35 heavy (non-hydrogen) atoms. The van der Waals surface area contributed by atoms with E-state index in [0.717, 1.165) is 0 Å². The fourth-order valence-electron chi connectivity index (χ4n) is 4.76. The number of halogens is 4. The maximum absolute atomic E-state index is 13.4. The van der Waals surface area contributed by atoms with Gasteiger partial charge in [-0.1, -0.05) is 23.7 Å². The Balaban J connectivity index is 1.30. The molecule has 3 heterocycles. The second-order valence-electron chi connectivity index (χ2n) is 8.76. The Morgan fingerprint density at radius 1 is 0.971 bits per heavy atom. The number of rotatable bonds is 3. The third-order valence-corrected chi connectivity index (χ3v) is 6.81. The molecule has 0 bridgehead atoms. The van der Waals surface area contributed by atoms with Crippen LogP contribution in [0.15, 0.2) is 48.5 Å². The molecule has 184 valence electrons. The van der Waals surface area contributed by atoms with Crippen LogP contribution in [0.3, 0.4) is 0 Å². The number of hydrogen-bond acceptors (Lipinski definition) is 6. The summed E-state index contributed by atoms with van der Waals surface area (Å²) in [4.78, 5) is 25.8. The molecule has 2 aliphatic rings. The Morgan fingerprint density at radius 2 is 1.66 bits per heavy atom. The minimum Gasteiger partial charge on any atom is -0.390 e. The predicted octanol–water partition coefficient (Wildman–Crippen LogP) is 3.31. The van der Waals surface area contributed by atoms with Crippen molar-refractivity contribution in [1.82, 2.24) is 19.8 Å². The summed E-state index contributed by atoms with van der Waals surface area (Å²) in [6, 6.07) is 13.0. The van der Waals surface area contributed by atoms with Crippen LogP contribution in [0, 0.1) is 0 Å². The average molecular weight is 506 g/mol. The van der Waals surface area contributed by atoms with Gasteiger partial charge in [0.2, 0.25) is 5.82 Å². The lowest BCUT2D eigenvalue weighted by atomic mass is 10.1. The fraction of sp³-hybridized carbons (Fsp3) is 0.375. The molecule has 3 aromatic rings. The average Bonchev–Trinajstić information content (AvgIpc) is 3.24. The van der Waals surface area contributed by atoms with Gasteiger partial charge in [-0.3, -0.25) is 9.69 Å². The van der Waals surface area contributed by atoms with Gasteiger partial charge in [0.1, 0.15) is 5.82 Å². The van der Waals surface area contributed by atoms with Crippen molar-refractivity contribution in [3.63, 3.8) is 0 Å². The number of aromatic nitrogens is 2. The number of benzene rings is 2. The summed E-state index contributed by atoms with van der Waals surface area (Å²) >= 11 is 5.90. The molecular formula is C24H23ClF3N5O2. The summed E-state index contributed by atoms with van der Waals surface area (Å²) < 4.78 is 40.3. The molecule has 5 rings (SSSR count). The molecule has 1 N–H and O–H groups in total. The number of anilines is 1. The van der Waals surface area contributed by atoms with Crippen molar-refractivity contribution < 1.29 is 23.1 Å². The number of aliphatic hydroxyl groups is 1. The van der Waals surface area contributed by atoms with E-state index in [4.69, 9.17) is 11.6 Å². The van der Waals surface area contributed by atoms with Gasteiger partial charge in [0, 0.05) is 55.2 Å². The smallest absolute Gasteiger partial charge is 0.390 e. The third kappa shape index (κ3) is 4.78. The van der Waals surface area contributed by atoms with E-state index in [1.54, 1.807) is 52.3 Å². The lowest BCUT2D eigenvalue weighted by Crippen LogP contribution is -2.54. The van der Waals surface area contributed by atoms with Gasteiger partial charge in [-0.2, -0.15) is 13.2 Å². The number of alkyl halides is 3. The molecule has 2 aliphatic heterocycles. The number of para-hydroxylation sites is 1. The number of amides is 1. The zero-order chi connectivity index (χ0) is 24.7. The van der Waals surface area contributed by atoms with E-state index in [1.807, 2.05) is 0 Å². The summed E-state index contributed by atoms with van der Waals surface area (Å²) in [5, 5.41) is 11.9. The van der Waals surface area contributed by atoms with Crippen LogP contribution in [0.4, 0.5) is 19.0 Å². The molecular weight excluding hydrogens is 483 g/mol. The van der Waals surface area contributed by atoms with Crippen molar-refractivity contribution in [2.75, 3.05) is 44.2 Å². The molecule has 2 fully saturated rings. The van der Waals surface area contributed by atoms with Crippen LogP contribution < -0.4 is 4.90 Å². The van der Waals surface area contributed by atoms with Gasteiger partial charge < -0.3 is 14.9 Å². The Hall–Kier alpha value is -2.95. The van der Waals surface area contributed by atoms with Crippen molar-refractivity contribution in [2.24, 2.45) is 0 Å². The van der Waals surface area contributed by atoms with Crippen molar-refractivity contribution in [1.29, 1.82) is 0 Å². The number of hydrogen-bond donors (Lipinski definition) is 1. The molecule has 2 saturated heterocycles. The third-order valence-electron chi connectivity index (χ3n) is 6.56. The number of nitrogens with zero attached hydrogens (tertiary/aromatic N) is 5. The standard InChI is InChI=1S/C24H23ClF3N5O2/c25-16-7-5-15(6-8-16)22(35)32-11-9-31(10-12-32)19-13-33(14-20(19)34)21-17-3-1-2-4-18(17)29-23(30-21)24(26,27)28/h1-8,19-20,34H,9-14H2. The summed E-state index contributed by atoms with van der Waals surface area (Å²) in [6.07, 6.45) is -5.44. The van der Waals surface area contributed by atoms with E-state index < -0.39 is 18.1 Å². The fourth-order valence-corrected chi connectivity index (χ4v) is 4.89. The molecule has 11 heteroatoms. The van der Waals surface area contributed by atoms with Gasteiger partial charge in [0.05, 0.1) is 17.7 Å². The Morgan fingerprint density at radius 3 is 2.34 bits per heavy atom. The van der Waals surface area contributed by atoms with Crippen LogP contribution in [0.25, 0.3) is 10.9 Å². The number of aliphatic hydroxyl groups excluding tert-OH is 1. The maximum atomic E-state index is 13.4. The van der Waals surface area contributed by atoms with Gasteiger partial charge in [-0.25, -0.2) is 9.97 Å². The summed E-state index contributed by atoms with van der Waals surface area (Å²) in [7, 11) is 0. The summed E-state index contributed by atoms with van der Waals surface area (Å²) in [6.45, 7) is 2.55. The highest BCUT2D eigenvalue weighted by Gasteiger charge is 2.40. The largest absolute Gasteiger partial charge is 0.451 e. The van der Waals surface area contributed by atoms with E-state index in [2.05, 4.69) is 14.9 Å². The van der Waals surface area contributed by atoms with E-state index >= 15 is 0 Å². The number of carbonyl (C=O) groups excluding carboxylic acids is 1. The Kier molecular flexibility index (Phi) is 6.29. The van der Waals surface area contributed by atoms with E-state index in [0.29, 0.717) is 48.7 Å². The first kappa shape index (κ1) is 23.8. The minimum atomic E-state index is -4.68. The van der Waals surface area contributed by atoms with E-state index in [1.165, 1.54) is 6.07 Å². The molecule has 2 unspecified atom stereocenters. The quantitative estimate of drug-likeness (QED) is 0.589. The normalized spacial score (nSPS) is 21.6. The second kappa shape index (κ2) is 9.25. The summed E-state index contributed by atoms with van der Waals surface area (Å²) in [5.41, 5.74) is 0.767. The van der Waals surface area contributed by atoms with Crippen LogP contribution >= 0.6 is 11.6 Å². The lowest BCUT2D eigenvalue weighted by Gasteiger charge is -2.38. The molecule has 1 aromatic heterocycles. The van der Waals surface area contributed by atoms with Gasteiger partial charge in [-0.15, -0.1) is 0 Å². The van der Waals surface area contributed by atoms with Gasteiger partial charge in [0.25, 0.3) is 5.91 Å². The number of fused-ring (bicyclic) bond motifs is 1. The van der Waals surface area contributed by atoms with E-state index in [9.17, 15) is 23.1 Å². The predicted molar refractivity (Wildman–Crippen MR) is 125 cm³/mol. The van der Waals surface area contributed by atoms with Crippen molar-refractivity contribution in [2.45, 2.75) is 18.3 Å². The molecule has 1 amide bonds. The molecule has 0 aliphatic carbocycles. The highest BCUT2D eigenvalue weighted by Crippen LogP contribution is 2.33. The van der Waals surface area contributed by atoms with E-state index in [-0.39, 0.29) is 29.8 Å². The number of carbonyl (C=O) groups is 1. The van der Waals surface area contributed by atoms with Gasteiger partial charge >= 0.3 is 6.18 Å². The summed E-state index contributed by atoms with van der Waals surface area (Å²) in [5.74, 6) is -1.11. The zero-order valence-electron chi connectivity index (χ0n) is 18.6. The van der Waals surface area contributed by atoms with Gasteiger partial charge in [-0.05, 0) is 36.4 Å². The van der Waals surface area contributed by atoms with Crippen LogP contribution in [0.5, 0.6) is 0 Å². The lowest BCUT2D eigenvalue weighted by molar-refractivity contribution is -0.144. The Labute approximate surface area is 204 Å². The first-order chi connectivity index (χ1) is 16.7. The molecule has 7 nitrogen and oxygen atoms in total. The highest BCUT2D eigenvalue weighted by atomic mass is 35.5. The zero-order valence-corrected chi connectivity index (χ0v) is 19.4. The number of β-amino-alcohol motifs (C(OH)–C–C–N with tert-alkyl or cyclic N) is 1.